The summed E-state index contributed by atoms with van der Waals surface area (Å²) in [5.74, 6) is 1.14. The van der Waals surface area contributed by atoms with Crippen LogP contribution < -0.4 is 10.2 Å². The predicted molar refractivity (Wildman–Crippen MR) is 81.4 cm³/mol. The molecule has 2 rings (SSSR count). The molecule has 1 N–H and O–H groups in total. The predicted octanol–water partition coefficient (Wildman–Crippen LogP) is 1.33. The van der Waals surface area contributed by atoms with E-state index in [1.54, 1.807) is 6.33 Å². The number of hydrogen-bond donors (Lipinski definition) is 1. The monoisotopic (exact) mass is 292 g/mol. The van der Waals surface area contributed by atoms with E-state index < -0.39 is 0 Å². The first-order valence-electron chi connectivity index (χ1n) is 7.58. The number of hydrogen-bond acceptors (Lipinski definition) is 5. The molecule has 1 atom stereocenters. The van der Waals surface area contributed by atoms with Crippen LogP contribution in [0, 0.1) is 0 Å². The Kier molecular flexibility index (Phi) is 5.92. The molecule has 0 aliphatic carbocycles. The fourth-order valence-electron chi connectivity index (χ4n) is 2.32. The standard InChI is InChI=1S/C15H24N4O2/c1-3-4-6-16-15(20)9-19(2)14-8-13(17-11-18-14)12-5-7-21-10-12/h8,11-12H,3-7,9-10H2,1-2H3,(H,16,20)/t12-/m1/s1. The summed E-state index contributed by atoms with van der Waals surface area (Å²) in [4.78, 5) is 22.3. The molecule has 0 spiro atoms. The first-order chi connectivity index (χ1) is 10.2. The van der Waals surface area contributed by atoms with Gasteiger partial charge in [-0.05, 0) is 12.8 Å². The highest BCUT2D eigenvalue weighted by Gasteiger charge is 2.20. The fourth-order valence-corrected chi connectivity index (χ4v) is 2.32. The number of nitrogens with zero attached hydrogens (tertiary/aromatic N) is 3. The molecule has 2 heterocycles. The summed E-state index contributed by atoms with van der Waals surface area (Å²) in [6.07, 6.45) is 4.65. The summed E-state index contributed by atoms with van der Waals surface area (Å²) in [6, 6.07) is 1.96. The van der Waals surface area contributed by atoms with Gasteiger partial charge in [-0.3, -0.25) is 4.79 Å². The van der Waals surface area contributed by atoms with Crippen LogP contribution in [-0.2, 0) is 9.53 Å². The second-order valence-electron chi connectivity index (χ2n) is 5.42. The van der Waals surface area contributed by atoms with Crippen LogP contribution in [0.1, 0.15) is 37.8 Å². The summed E-state index contributed by atoms with van der Waals surface area (Å²) in [5.41, 5.74) is 0.996. The molecule has 1 aromatic rings. The molecule has 0 bridgehead atoms. The maximum atomic E-state index is 11.8. The highest BCUT2D eigenvalue weighted by molar-refractivity contribution is 5.80. The van der Waals surface area contributed by atoms with Crippen molar-refractivity contribution in [3.63, 3.8) is 0 Å². The van der Waals surface area contributed by atoms with Crippen LogP contribution in [0.4, 0.5) is 5.82 Å². The number of ether oxygens (including phenoxy) is 1. The molecular formula is C15H24N4O2. The summed E-state index contributed by atoms with van der Waals surface area (Å²) in [5, 5.41) is 2.91. The van der Waals surface area contributed by atoms with E-state index in [0.29, 0.717) is 12.5 Å². The zero-order valence-corrected chi connectivity index (χ0v) is 12.8. The summed E-state index contributed by atoms with van der Waals surface area (Å²) in [7, 11) is 1.87. The topological polar surface area (TPSA) is 67.4 Å². The van der Waals surface area contributed by atoms with Gasteiger partial charge >= 0.3 is 0 Å². The van der Waals surface area contributed by atoms with E-state index in [-0.39, 0.29) is 5.91 Å². The number of amides is 1. The van der Waals surface area contributed by atoms with Gasteiger partial charge in [-0.1, -0.05) is 13.3 Å². The molecule has 1 fully saturated rings. The number of carbonyl (C=O) groups excluding carboxylic acids is 1. The minimum Gasteiger partial charge on any atom is -0.381 e. The Labute approximate surface area is 125 Å². The molecule has 21 heavy (non-hydrogen) atoms. The average molecular weight is 292 g/mol. The van der Waals surface area contributed by atoms with E-state index in [0.717, 1.165) is 50.5 Å². The van der Waals surface area contributed by atoms with Crippen LogP contribution in [0.25, 0.3) is 0 Å². The van der Waals surface area contributed by atoms with Crippen molar-refractivity contribution in [2.24, 2.45) is 0 Å². The largest absolute Gasteiger partial charge is 0.381 e. The van der Waals surface area contributed by atoms with Gasteiger partial charge in [0.1, 0.15) is 12.1 Å². The van der Waals surface area contributed by atoms with Crippen molar-refractivity contribution < 1.29 is 9.53 Å². The third-order valence-corrected chi connectivity index (χ3v) is 3.65. The van der Waals surface area contributed by atoms with Gasteiger partial charge < -0.3 is 15.0 Å². The molecule has 0 aromatic carbocycles. The van der Waals surface area contributed by atoms with Crippen LogP contribution in [0.3, 0.4) is 0 Å². The third-order valence-electron chi connectivity index (χ3n) is 3.65. The second kappa shape index (κ2) is 7.93. The minimum absolute atomic E-state index is 0.0234. The van der Waals surface area contributed by atoms with Gasteiger partial charge in [0.25, 0.3) is 0 Å². The van der Waals surface area contributed by atoms with E-state index >= 15 is 0 Å². The maximum absolute atomic E-state index is 11.8. The Morgan fingerprint density at radius 2 is 2.38 bits per heavy atom. The lowest BCUT2D eigenvalue weighted by Crippen LogP contribution is -2.36. The van der Waals surface area contributed by atoms with Crippen molar-refractivity contribution in [3.8, 4) is 0 Å². The highest BCUT2D eigenvalue weighted by atomic mass is 16.5. The van der Waals surface area contributed by atoms with Gasteiger partial charge in [-0.25, -0.2) is 9.97 Å². The summed E-state index contributed by atoms with van der Waals surface area (Å²) in [6.45, 7) is 4.66. The SMILES string of the molecule is CCCCNC(=O)CN(C)c1cc([C@@H]2CCOC2)ncn1. The average Bonchev–Trinajstić information content (AvgIpc) is 3.02. The van der Waals surface area contributed by atoms with Crippen molar-refractivity contribution in [2.75, 3.05) is 38.3 Å². The van der Waals surface area contributed by atoms with E-state index in [4.69, 9.17) is 4.74 Å². The molecule has 6 heteroatoms. The Hall–Kier alpha value is -1.69. The van der Waals surface area contributed by atoms with E-state index in [1.165, 1.54) is 0 Å². The molecule has 6 nitrogen and oxygen atoms in total. The van der Waals surface area contributed by atoms with Crippen molar-refractivity contribution in [1.29, 1.82) is 0 Å². The Bertz CT molecular complexity index is 461. The molecule has 1 aliphatic rings. The van der Waals surface area contributed by atoms with E-state index in [9.17, 15) is 4.79 Å². The molecule has 1 aliphatic heterocycles. The number of anilines is 1. The van der Waals surface area contributed by atoms with Crippen LogP contribution in [0.15, 0.2) is 12.4 Å². The van der Waals surface area contributed by atoms with Gasteiger partial charge in [0.05, 0.1) is 18.8 Å². The first-order valence-corrected chi connectivity index (χ1v) is 7.58. The molecule has 1 aromatic heterocycles. The molecule has 1 saturated heterocycles. The zero-order valence-electron chi connectivity index (χ0n) is 12.8. The number of rotatable bonds is 7. The van der Waals surface area contributed by atoms with Crippen molar-refractivity contribution in [3.05, 3.63) is 18.1 Å². The lowest BCUT2D eigenvalue weighted by molar-refractivity contribution is -0.119. The number of carbonyl (C=O) groups is 1. The third kappa shape index (κ3) is 4.67. The van der Waals surface area contributed by atoms with Crippen LogP contribution in [-0.4, -0.2) is 49.2 Å². The van der Waals surface area contributed by atoms with Crippen molar-refractivity contribution >= 4 is 11.7 Å². The first kappa shape index (κ1) is 15.7. The fraction of sp³-hybridized carbons (Fsp3) is 0.667. The van der Waals surface area contributed by atoms with Crippen LogP contribution in [0.5, 0.6) is 0 Å². The van der Waals surface area contributed by atoms with E-state index in [1.807, 2.05) is 18.0 Å². The molecule has 0 saturated carbocycles. The van der Waals surface area contributed by atoms with Gasteiger partial charge in [-0.15, -0.1) is 0 Å². The molecule has 116 valence electrons. The zero-order chi connectivity index (χ0) is 15.1. The number of likely N-dealkylation sites (N-methyl/N-ethyl adjacent to an activating group) is 1. The van der Waals surface area contributed by atoms with Crippen LogP contribution >= 0.6 is 0 Å². The Balaban J connectivity index is 1.90. The van der Waals surface area contributed by atoms with Crippen molar-refractivity contribution in [1.82, 2.24) is 15.3 Å². The number of aromatic nitrogens is 2. The maximum Gasteiger partial charge on any atom is 0.239 e. The molecule has 0 radical (unpaired) electrons. The Morgan fingerprint density at radius 1 is 1.52 bits per heavy atom. The minimum atomic E-state index is 0.0234. The number of unbranched alkanes of at least 4 members (excludes halogenated alkanes) is 1. The summed E-state index contributed by atoms with van der Waals surface area (Å²) >= 11 is 0. The second-order valence-corrected chi connectivity index (χ2v) is 5.42. The molecular weight excluding hydrogens is 268 g/mol. The van der Waals surface area contributed by atoms with Crippen LogP contribution in [0.2, 0.25) is 0 Å². The van der Waals surface area contributed by atoms with Gasteiger partial charge in [-0.2, -0.15) is 0 Å². The van der Waals surface area contributed by atoms with Gasteiger partial charge in [0, 0.05) is 32.2 Å². The molecule has 1 amide bonds. The Morgan fingerprint density at radius 3 is 3.10 bits per heavy atom. The lowest BCUT2D eigenvalue weighted by Gasteiger charge is -2.18. The molecule has 0 unspecified atom stereocenters. The van der Waals surface area contributed by atoms with Gasteiger partial charge in [0.2, 0.25) is 5.91 Å². The number of nitrogens with one attached hydrogen (secondary N) is 1. The van der Waals surface area contributed by atoms with Crippen molar-refractivity contribution in [2.45, 2.75) is 32.1 Å². The summed E-state index contributed by atoms with van der Waals surface area (Å²) < 4.78 is 5.39. The smallest absolute Gasteiger partial charge is 0.239 e. The highest BCUT2D eigenvalue weighted by Crippen LogP contribution is 2.24. The quantitative estimate of drug-likeness (QED) is 0.768. The lowest BCUT2D eigenvalue weighted by atomic mass is 10.0. The van der Waals surface area contributed by atoms with Gasteiger partial charge in [0.15, 0.2) is 0 Å². The van der Waals surface area contributed by atoms with E-state index in [2.05, 4.69) is 22.2 Å². The normalized spacial score (nSPS) is 17.7.